The predicted molar refractivity (Wildman–Crippen MR) is 77.1 cm³/mol. The summed E-state index contributed by atoms with van der Waals surface area (Å²) in [4.78, 5) is 12.0. The average Bonchev–Trinajstić information content (AvgIpc) is 3.08. The van der Waals surface area contributed by atoms with E-state index >= 15 is 0 Å². The van der Waals surface area contributed by atoms with E-state index in [1.807, 2.05) is 12.1 Å². The van der Waals surface area contributed by atoms with Crippen LogP contribution in [0.2, 0.25) is 0 Å². The molecular formula is C14H15N3O2S. The number of aromatic nitrogens is 2. The van der Waals surface area contributed by atoms with Crippen LogP contribution in [-0.4, -0.2) is 22.2 Å². The van der Waals surface area contributed by atoms with Crippen molar-refractivity contribution >= 4 is 22.4 Å². The van der Waals surface area contributed by atoms with Crippen LogP contribution >= 0.6 is 11.3 Å². The molecule has 1 amide bonds. The summed E-state index contributed by atoms with van der Waals surface area (Å²) in [6, 6.07) is 6.06. The van der Waals surface area contributed by atoms with Crippen LogP contribution in [-0.2, 0) is 17.6 Å². The zero-order valence-electron chi connectivity index (χ0n) is 11.1. The predicted octanol–water partition coefficient (Wildman–Crippen LogP) is 2.43. The molecule has 0 aliphatic heterocycles. The molecule has 5 nitrogen and oxygen atoms in total. The summed E-state index contributed by atoms with van der Waals surface area (Å²) in [6.07, 6.45) is 2.87. The monoisotopic (exact) mass is 289 g/mol. The largest absolute Gasteiger partial charge is 0.481 e. The number of carbonyl (C=O) groups excluding carboxylic acids is 1. The lowest BCUT2D eigenvalue weighted by Gasteiger charge is -2.14. The van der Waals surface area contributed by atoms with E-state index in [2.05, 4.69) is 21.6 Å². The number of hydrogen-bond donors (Lipinski definition) is 1. The van der Waals surface area contributed by atoms with Crippen molar-refractivity contribution in [1.29, 1.82) is 0 Å². The number of ether oxygens (including phenoxy) is 1. The summed E-state index contributed by atoms with van der Waals surface area (Å²) in [5.41, 5.74) is 4.30. The normalized spacial score (nSPS) is 14.7. The van der Waals surface area contributed by atoms with E-state index in [-0.39, 0.29) is 5.91 Å². The Kier molecular flexibility index (Phi) is 3.64. The minimum Gasteiger partial charge on any atom is -0.481 e. The zero-order valence-corrected chi connectivity index (χ0v) is 11.9. The quantitative estimate of drug-likeness (QED) is 0.939. The van der Waals surface area contributed by atoms with Crippen molar-refractivity contribution in [3.8, 4) is 5.75 Å². The lowest BCUT2D eigenvalue weighted by molar-refractivity contribution is -0.122. The van der Waals surface area contributed by atoms with E-state index in [0.717, 1.165) is 18.6 Å². The van der Waals surface area contributed by atoms with Gasteiger partial charge in [-0.15, -0.1) is 10.2 Å². The van der Waals surface area contributed by atoms with Crippen molar-refractivity contribution in [2.75, 3.05) is 5.32 Å². The number of aryl methyl sites for hydroxylation is 2. The molecule has 3 rings (SSSR count). The fourth-order valence-corrected chi connectivity index (χ4v) is 2.76. The Morgan fingerprint density at radius 2 is 2.25 bits per heavy atom. The Bertz CT molecular complexity index is 613. The number of rotatable bonds is 4. The van der Waals surface area contributed by atoms with Crippen LogP contribution < -0.4 is 10.1 Å². The van der Waals surface area contributed by atoms with Gasteiger partial charge in [-0.05, 0) is 49.4 Å². The number of fused-ring (bicyclic) bond motifs is 1. The first-order chi connectivity index (χ1) is 9.72. The molecule has 1 aliphatic rings. The molecular weight excluding hydrogens is 274 g/mol. The second kappa shape index (κ2) is 5.58. The van der Waals surface area contributed by atoms with Crippen LogP contribution in [0.5, 0.6) is 5.75 Å². The van der Waals surface area contributed by atoms with Crippen LogP contribution in [0.4, 0.5) is 5.13 Å². The molecule has 20 heavy (non-hydrogen) atoms. The lowest BCUT2D eigenvalue weighted by atomic mass is 10.1. The molecule has 1 aliphatic carbocycles. The number of hydrogen-bond acceptors (Lipinski definition) is 5. The Morgan fingerprint density at radius 3 is 3.05 bits per heavy atom. The fourth-order valence-electron chi connectivity index (χ4n) is 2.31. The number of amides is 1. The summed E-state index contributed by atoms with van der Waals surface area (Å²) in [5.74, 6) is 0.521. The van der Waals surface area contributed by atoms with E-state index in [9.17, 15) is 4.79 Å². The number of nitrogens with zero attached hydrogens (tertiary/aromatic N) is 2. The van der Waals surface area contributed by atoms with Crippen molar-refractivity contribution in [2.45, 2.75) is 32.3 Å². The maximum Gasteiger partial charge on any atom is 0.266 e. The molecule has 0 radical (unpaired) electrons. The first-order valence-corrected chi connectivity index (χ1v) is 7.46. The van der Waals surface area contributed by atoms with Crippen LogP contribution in [0.25, 0.3) is 0 Å². The van der Waals surface area contributed by atoms with Crippen molar-refractivity contribution in [1.82, 2.24) is 10.2 Å². The Balaban J connectivity index is 1.63. The van der Waals surface area contributed by atoms with E-state index in [1.165, 1.54) is 28.9 Å². The molecule has 0 bridgehead atoms. The topological polar surface area (TPSA) is 64.1 Å². The van der Waals surface area contributed by atoms with Crippen molar-refractivity contribution in [2.24, 2.45) is 0 Å². The second-order valence-electron chi connectivity index (χ2n) is 4.78. The van der Waals surface area contributed by atoms with Crippen LogP contribution in [0.1, 0.15) is 24.5 Å². The van der Waals surface area contributed by atoms with Crippen LogP contribution in [0.15, 0.2) is 23.7 Å². The molecule has 1 atom stereocenters. The maximum atomic E-state index is 12.0. The number of carbonyl (C=O) groups is 1. The third-order valence-electron chi connectivity index (χ3n) is 3.34. The zero-order chi connectivity index (χ0) is 13.9. The number of benzene rings is 1. The molecule has 1 aromatic heterocycles. The molecule has 1 aromatic carbocycles. The van der Waals surface area contributed by atoms with E-state index in [4.69, 9.17) is 4.74 Å². The van der Waals surface area contributed by atoms with Gasteiger partial charge in [0.15, 0.2) is 6.10 Å². The summed E-state index contributed by atoms with van der Waals surface area (Å²) in [6.45, 7) is 1.73. The van der Waals surface area contributed by atoms with Crippen molar-refractivity contribution in [3.05, 3.63) is 34.8 Å². The van der Waals surface area contributed by atoms with Gasteiger partial charge in [-0.3, -0.25) is 10.1 Å². The molecule has 1 heterocycles. The fraction of sp³-hybridized carbons (Fsp3) is 0.357. The van der Waals surface area contributed by atoms with Gasteiger partial charge in [-0.2, -0.15) is 0 Å². The molecule has 0 fully saturated rings. The van der Waals surface area contributed by atoms with Gasteiger partial charge < -0.3 is 4.74 Å². The highest BCUT2D eigenvalue weighted by Crippen LogP contribution is 2.26. The highest BCUT2D eigenvalue weighted by Gasteiger charge is 2.17. The van der Waals surface area contributed by atoms with Gasteiger partial charge >= 0.3 is 0 Å². The van der Waals surface area contributed by atoms with E-state index < -0.39 is 6.10 Å². The standard InChI is InChI=1S/C14H15N3O2S/c1-9(13(18)16-14-17-15-8-20-14)19-12-6-5-10-3-2-4-11(10)7-12/h5-9H,2-4H2,1H3,(H,16,17,18). The lowest BCUT2D eigenvalue weighted by Crippen LogP contribution is -2.30. The molecule has 6 heteroatoms. The maximum absolute atomic E-state index is 12.0. The second-order valence-corrected chi connectivity index (χ2v) is 5.61. The summed E-state index contributed by atoms with van der Waals surface area (Å²) in [5, 5.41) is 10.6. The highest BCUT2D eigenvalue weighted by atomic mass is 32.1. The smallest absolute Gasteiger partial charge is 0.266 e. The first kappa shape index (κ1) is 13.1. The van der Waals surface area contributed by atoms with Gasteiger partial charge in [-0.1, -0.05) is 17.4 Å². The van der Waals surface area contributed by atoms with Gasteiger partial charge in [0.05, 0.1) is 0 Å². The van der Waals surface area contributed by atoms with Gasteiger partial charge in [0.1, 0.15) is 11.3 Å². The Morgan fingerprint density at radius 1 is 1.40 bits per heavy atom. The number of anilines is 1. The molecule has 0 saturated carbocycles. The van der Waals surface area contributed by atoms with Crippen molar-refractivity contribution < 1.29 is 9.53 Å². The number of nitrogens with one attached hydrogen (secondary N) is 1. The minimum atomic E-state index is -0.571. The van der Waals surface area contributed by atoms with Crippen LogP contribution in [0.3, 0.4) is 0 Å². The molecule has 0 spiro atoms. The Labute approximate surface area is 121 Å². The molecule has 1 N–H and O–H groups in total. The summed E-state index contributed by atoms with van der Waals surface area (Å²) in [7, 11) is 0. The molecule has 1 unspecified atom stereocenters. The Hall–Kier alpha value is -1.95. The van der Waals surface area contributed by atoms with Gasteiger partial charge in [-0.25, -0.2) is 0 Å². The van der Waals surface area contributed by atoms with Gasteiger partial charge in [0, 0.05) is 0 Å². The average molecular weight is 289 g/mol. The van der Waals surface area contributed by atoms with Gasteiger partial charge in [0.25, 0.3) is 5.91 Å². The minimum absolute atomic E-state index is 0.220. The van der Waals surface area contributed by atoms with Gasteiger partial charge in [0.2, 0.25) is 5.13 Å². The van der Waals surface area contributed by atoms with E-state index in [1.54, 1.807) is 12.4 Å². The third-order valence-corrected chi connectivity index (χ3v) is 3.95. The third kappa shape index (κ3) is 2.80. The van der Waals surface area contributed by atoms with E-state index in [0.29, 0.717) is 5.13 Å². The molecule has 2 aromatic rings. The van der Waals surface area contributed by atoms with Crippen molar-refractivity contribution in [3.63, 3.8) is 0 Å². The first-order valence-electron chi connectivity index (χ1n) is 6.58. The summed E-state index contributed by atoms with van der Waals surface area (Å²) < 4.78 is 5.69. The molecule has 104 valence electrons. The van der Waals surface area contributed by atoms with Crippen LogP contribution in [0, 0.1) is 0 Å². The summed E-state index contributed by atoms with van der Waals surface area (Å²) >= 11 is 1.28. The molecule has 0 saturated heterocycles. The highest BCUT2D eigenvalue weighted by molar-refractivity contribution is 7.13. The SMILES string of the molecule is CC(Oc1ccc2c(c1)CCC2)C(=O)Nc1nncs1.